The largest absolute Gasteiger partial charge is 0.461 e. The number of aromatic nitrogens is 3. The lowest BCUT2D eigenvalue weighted by molar-refractivity contribution is -0.116. The van der Waals surface area contributed by atoms with Crippen molar-refractivity contribution < 1.29 is 18.7 Å². The third-order valence-electron chi connectivity index (χ3n) is 4.81. The molecule has 4 rings (SSSR count). The molecular weight excluding hydrogens is 479 g/mol. The second kappa shape index (κ2) is 9.82. The van der Waals surface area contributed by atoms with Gasteiger partial charge in [0.1, 0.15) is 22.1 Å². The Morgan fingerprint density at radius 1 is 1.24 bits per heavy atom. The minimum absolute atomic E-state index is 0.201. The van der Waals surface area contributed by atoms with Crippen LogP contribution in [0.2, 0.25) is 0 Å². The predicted octanol–water partition coefficient (Wildman–Crippen LogP) is 4.48. The zero-order valence-electron chi connectivity index (χ0n) is 18.6. The van der Waals surface area contributed by atoms with E-state index in [1.807, 2.05) is 13.8 Å². The number of fused-ring (bicyclic) bond motifs is 1. The van der Waals surface area contributed by atoms with E-state index >= 15 is 0 Å². The van der Waals surface area contributed by atoms with Crippen LogP contribution < -0.4 is 10.9 Å². The standard InChI is InChI=1S/C23H21FN4O4S2/c1-12(2)9-32-22(31)19-13(3)26-23(34-19)27-17(29)8-28-11-25-20-18(21(28)30)16(10-33-20)14-4-6-15(24)7-5-14/h4-7,10-12H,8-9H2,1-3H3,(H,26,27,29). The molecule has 3 heterocycles. The number of aryl methyl sites for hydroxylation is 1. The summed E-state index contributed by atoms with van der Waals surface area (Å²) in [6, 6.07) is 5.83. The molecule has 0 aliphatic rings. The fourth-order valence-corrected chi connectivity index (χ4v) is 4.97. The molecule has 1 amide bonds. The third-order valence-corrected chi connectivity index (χ3v) is 6.75. The van der Waals surface area contributed by atoms with Gasteiger partial charge >= 0.3 is 5.97 Å². The number of thiophene rings is 1. The molecule has 0 bridgehead atoms. The van der Waals surface area contributed by atoms with Crippen molar-refractivity contribution in [2.75, 3.05) is 11.9 Å². The molecule has 0 fully saturated rings. The normalized spacial score (nSPS) is 11.2. The molecule has 0 aliphatic carbocycles. The maximum absolute atomic E-state index is 13.3. The molecule has 0 atom stereocenters. The van der Waals surface area contributed by atoms with Crippen molar-refractivity contribution in [2.45, 2.75) is 27.3 Å². The van der Waals surface area contributed by atoms with E-state index in [0.717, 1.165) is 11.3 Å². The Labute approximate surface area is 202 Å². The van der Waals surface area contributed by atoms with Crippen LogP contribution >= 0.6 is 22.7 Å². The fourth-order valence-electron chi connectivity index (χ4n) is 3.18. The highest BCUT2D eigenvalue weighted by Gasteiger charge is 2.19. The molecule has 3 aromatic heterocycles. The van der Waals surface area contributed by atoms with E-state index < -0.39 is 11.9 Å². The van der Waals surface area contributed by atoms with Crippen molar-refractivity contribution >= 4 is 49.9 Å². The van der Waals surface area contributed by atoms with Crippen LogP contribution in [0.25, 0.3) is 21.3 Å². The molecule has 1 aromatic carbocycles. The number of halogens is 1. The minimum atomic E-state index is -0.488. The second-order valence-corrected chi connectivity index (χ2v) is 9.85. The molecule has 0 radical (unpaired) electrons. The van der Waals surface area contributed by atoms with Crippen LogP contribution in [0.15, 0.2) is 40.8 Å². The maximum atomic E-state index is 13.3. The number of ether oxygens (including phenoxy) is 1. The van der Waals surface area contributed by atoms with E-state index in [0.29, 0.717) is 38.5 Å². The predicted molar refractivity (Wildman–Crippen MR) is 130 cm³/mol. The number of thiazole rings is 1. The minimum Gasteiger partial charge on any atom is -0.461 e. The molecule has 176 valence electrons. The first kappa shape index (κ1) is 23.7. The van der Waals surface area contributed by atoms with Gasteiger partial charge in [0.25, 0.3) is 5.56 Å². The molecular formula is C23H21FN4O4S2. The van der Waals surface area contributed by atoms with Gasteiger partial charge in [-0.05, 0) is 30.5 Å². The summed E-state index contributed by atoms with van der Waals surface area (Å²) in [4.78, 5) is 47.3. The smallest absolute Gasteiger partial charge is 0.350 e. The zero-order valence-corrected chi connectivity index (χ0v) is 20.3. The Balaban J connectivity index is 1.53. The van der Waals surface area contributed by atoms with Gasteiger partial charge in [-0.25, -0.2) is 19.2 Å². The van der Waals surface area contributed by atoms with Crippen molar-refractivity contribution in [2.24, 2.45) is 5.92 Å². The Morgan fingerprint density at radius 2 is 1.97 bits per heavy atom. The molecule has 11 heteroatoms. The molecule has 34 heavy (non-hydrogen) atoms. The molecule has 1 N–H and O–H groups in total. The van der Waals surface area contributed by atoms with Gasteiger partial charge in [0.05, 0.1) is 24.0 Å². The second-order valence-electron chi connectivity index (χ2n) is 7.99. The lowest BCUT2D eigenvalue weighted by Gasteiger charge is -2.06. The summed E-state index contributed by atoms with van der Waals surface area (Å²) in [6.45, 7) is 5.54. The summed E-state index contributed by atoms with van der Waals surface area (Å²) in [6.07, 6.45) is 1.32. The monoisotopic (exact) mass is 500 g/mol. The van der Waals surface area contributed by atoms with Gasteiger partial charge in [-0.15, -0.1) is 11.3 Å². The van der Waals surface area contributed by atoms with Crippen LogP contribution in [0.4, 0.5) is 9.52 Å². The highest BCUT2D eigenvalue weighted by molar-refractivity contribution is 7.17. The SMILES string of the molecule is Cc1nc(NC(=O)Cn2cnc3scc(-c4ccc(F)cc4)c3c2=O)sc1C(=O)OCC(C)C. The van der Waals surface area contributed by atoms with Crippen LogP contribution in [-0.2, 0) is 16.1 Å². The van der Waals surface area contributed by atoms with E-state index in [4.69, 9.17) is 4.74 Å². The van der Waals surface area contributed by atoms with Crippen LogP contribution in [-0.4, -0.2) is 33.0 Å². The number of amides is 1. The van der Waals surface area contributed by atoms with E-state index in [2.05, 4.69) is 15.3 Å². The van der Waals surface area contributed by atoms with E-state index in [1.54, 1.807) is 24.4 Å². The highest BCUT2D eigenvalue weighted by Crippen LogP contribution is 2.30. The Hall–Kier alpha value is -3.44. The number of carbonyl (C=O) groups is 2. The molecule has 0 saturated heterocycles. The zero-order chi connectivity index (χ0) is 24.4. The summed E-state index contributed by atoms with van der Waals surface area (Å²) < 4.78 is 19.7. The van der Waals surface area contributed by atoms with Crippen LogP contribution in [0.5, 0.6) is 0 Å². The molecule has 0 aliphatic heterocycles. The summed E-state index contributed by atoms with van der Waals surface area (Å²) >= 11 is 2.32. The first-order chi connectivity index (χ1) is 16.2. The van der Waals surface area contributed by atoms with Crippen LogP contribution in [0.1, 0.15) is 29.2 Å². The number of nitrogens with zero attached hydrogens (tertiary/aromatic N) is 3. The number of nitrogens with one attached hydrogen (secondary N) is 1. The summed E-state index contributed by atoms with van der Waals surface area (Å²) in [5, 5.41) is 5.02. The number of rotatable bonds is 7. The van der Waals surface area contributed by atoms with Crippen molar-refractivity contribution in [3.63, 3.8) is 0 Å². The number of hydrogen-bond donors (Lipinski definition) is 1. The number of esters is 1. The van der Waals surface area contributed by atoms with Gasteiger partial charge < -0.3 is 10.1 Å². The fraction of sp³-hybridized carbons (Fsp3) is 0.261. The molecule has 0 spiro atoms. The van der Waals surface area contributed by atoms with E-state index in [-0.39, 0.29) is 29.0 Å². The molecule has 0 saturated carbocycles. The summed E-state index contributed by atoms with van der Waals surface area (Å²) in [5.74, 6) is -1.14. The third kappa shape index (κ3) is 5.05. The topological polar surface area (TPSA) is 103 Å². The quantitative estimate of drug-likeness (QED) is 0.375. The average molecular weight is 501 g/mol. The molecule has 4 aromatic rings. The average Bonchev–Trinajstić information content (AvgIpc) is 3.38. The first-order valence-corrected chi connectivity index (χ1v) is 12.1. The van der Waals surface area contributed by atoms with Crippen molar-refractivity contribution in [1.82, 2.24) is 14.5 Å². The molecule has 8 nitrogen and oxygen atoms in total. The van der Waals surface area contributed by atoms with Crippen LogP contribution in [0, 0.1) is 18.7 Å². The molecule has 0 unspecified atom stereocenters. The van der Waals surface area contributed by atoms with Gasteiger partial charge in [0, 0.05) is 10.9 Å². The lowest BCUT2D eigenvalue weighted by Crippen LogP contribution is -2.27. The van der Waals surface area contributed by atoms with Crippen LogP contribution in [0.3, 0.4) is 0 Å². The van der Waals surface area contributed by atoms with Gasteiger partial charge in [0.2, 0.25) is 5.91 Å². The first-order valence-electron chi connectivity index (χ1n) is 10.4. The van der Waals surface area contributed by atoms with Gasteiger partial charge in [-0.3, -0.25) is 14.2 Å². The Bertz CT molecular complexity index is 1420. The summed E-state index contributed by atoms with van der Waals surface area (Å²) in [7, 11) is 0. The van der Waals surface area contributed by atoms with E-state index in [1.165, 1.54) is 34.4 Å². The number of hydrogen-bond acceptors (Lipinski definition) is 8. The number of anilines is 1. The van der Waals surface area contributed by atoms with Crippen molar-refractivity contribution in [1.29, 1.82) is 0 Å². The van der Waals surface area contributed by atoms with Crippen molar-refractivity contribution in [3.8, 4) is 11.1 Å². The summed E-state index contributed by atoms with van der Waals surface area (Å²) in [5.41, 5.74) is 1.39. The Morgan fingerprint density at radius 3 is 2.68 bits per heavy atom. The van der Waals surface area contributed by atoms with Gasteiger partial charge in [-0.2, -0.15) is 0 Å². The number of benzene rings is 1. The lowest BCUT2D eigenvalue weighted by atomic mass is 10.1. The Kier molecular flexibility index (Phi) is 6.85. The van der Waals surface area contributed by atoms with Gasteiger partial charge in [0.15, 0.2) is 5.13 Å². The van der Waals surface area contributed by atoms with E-state index in [9.17, 15) is 18.8 Å². The highest BCUT2D eigenvalue weighted by atomic mass is 32.1. The number of carbonyl (C=O) groups excluding carboxylic acids is 2. The van der Waals surface area contributed by atoms with Crippen molar-refractivity contribution in [3.05, 3.63) is 62.7 Å². The maximum Gasteiger partial charge on any atom is 0.350 e. The van der Waals surface area contributed by atoms with Gasteiger partial charge in [-0.1, -0.05) is 37.3 Å².